The van der Waals surface area contributed by atoms with Gasteiger partial charge in [-0.3, -0.25) is 4.79 Å². The van der Waals surface area contributed by atoms with Gasteiger partial charge >= 0.3 is 0 Å². The lowest BCUT2D eigenvalue weighted by Gasteiger charge is -2.17. The molecule has 1 amide bonds. The van der Waals surface area contributed by atoms with Crippen LogP contribution in [0.25, 0.3) is 0 Å². The van der Waals surface area contributed by atoms with E-state index in [1.54, 1.807) is 7.11 Å². The molecule has 0 aromatic heterocycles. The zero-order valence-electron chi connectivity index (χ0n) is 15.0. The molecule has 5 heteroatoms. The zero-order valence-corrected chi connectivity index (χ0v) is 15.0. The maximum absolute atomic E-state index is 12.5. The molecule has 2 aliphatic rings. The number of methoxy groups -OCH3 is 1. The largest absolute Gasteiger partial charge is 0.497 e. The van der Waals surface area contributed by atoms with Gasteiger partial charge in [0.2, 0.25) is 0 Å². The summed E-state index contributed by atoms with van der Waals surface area (Å²) in [6.45, 7) is 3.18. The van der Waals surface area contributed by atoms with Crippen LogP contribution in [0.3, 0.4) is 0 Å². The van der Waals surface area contributed by atoms with Crippen LogP contribution in [0.4, 0.5) is 0 Å². The monoisotopic (exact) mass is 352 g/mol. The van der Waals surface area contributed by atoms with E-state index in [4.69, 9.17) is 9.47 Å². The number of rotatable bonds is 5. The van der Waals surface area contributed by atoms with Crippen LogP contribution in [0, 0.1) is 5.92 Å². The summed E-state index contributed by atoms with van der Waals surface area (Å²) in [7, 11) is 1.67. The number of benzene rings is 2. The molecule has 1 fully saturated rings. The number of amides is 1. The molecule has 2 heterocycles. The highest BCUT2D eigenvalue weighted by molar-refractivity contribution is 5.96. The number of fused-ring (bicyclic) bond motifs is 3. The quantitative estimate of drug-likeness (QED) is 0.867. The molecular weight excluding hydrogens is 328 g/mol. The Bertz CT molecular complexity index is 806. The van der Waals surface area contributed by atoms with E-state index in [9.17, 15) is 4.79 Å². The molecule has 2 aliphatic heterocycles. The molecule has 26 heavy (non-hydrogen) atoms. The normalized spacial score (nSPS) is 21.3. The lowest BCUT2D eigenvalue weighted by atomic mass is 9.87. The molecule has 2 aromatic carbocycles. The second-order valence-corrected chi connectivity index (χ2v) is 6.93. The van der Waals surface area contributed by atoms with E-state index < -0.39 is 0 Å². The molecule has 4 rings (SSSR count). The second kappa shape index (κ2) is 7.38. The maximum atomic E-state index is 12.5. The maximum Gasteiger partial charge on any atom is 0.251 e. The van der Waals surface area contributed by atoms with Crippen LogP contribution in [-0.4, -0.2) is 39.3 Å². The molecule has 0 saturated carbocycles. The third-order valence-electron chi connectivity index (χ3n) is 5.33. The van der Waals surface area contributed by atoms with Crippen molar-refractivity contribution in [2.45, 2.75) is 12.3 Å². The van der Waals surface area contributed by atoms with Gasteiger partial charge in [-0.05, 0) is 41.3 Å². The first-order valence-corrected chi connectivity index (χ1v) is 9.13. The van der Waals surface area contributed by atoms with Crippen molar-refractivity contribution in [2.24, 2.45) is 5.92 Å². The van der Waals surface area contributed by atoms with Gasteiger partial charge < -0.3 is 20.1 Å². The Balaban J connectivity index is 1.46. The summed E-state index contributed by atoms with van der Waals surface area (Å²) in [4.78, 5) is 12.5. The van der Waals surface area contributed by atoms with E-state index in [0.717, 1.165) is 54.2 Å². The first kappa shape index (κ1) is 16.9. The van der Waals surface area contributed by atoms with Gasteiger partial charge in [0.25, 0.3) is 5.91 Å². The number of carbonyl (C=O) groups excluding carboxylic acids is 1. The van der Waals surface area contributed by atoms with Gasteiger partial charge in [-0.1, -0.05) is 18.2 Å². The van der Waals surface area contributed by atoms with E-state index >= 15 is 0 Å². The Hall–Kier alpha value is -2.53. The Morgan fingerprint density at radius 1 is 1.08 bits per heavy atom. The Morgan fingerprint density at radius 2 is 2.00 bits per heavy atom. The van der Waals surface area contributed by atoms with Crippen molar-refractivity contribution in [1.82, 2.24) is 10.6 Å². The van der Waals surface area contributed by atoms with Crippen molar-refractivity contribution in [1.29, 1.82) is 0 Å². The highest BCUT2D eigenvalue weighted by atomic mass is 16.5. The van der Waals surface area contributed by atoms with Crippen molar-refractivity contribution in [3.63, 3.8) is 0 Å². The standard InChI is InChI=1S/C21H24N2O3/c1-25-16-4-2-3-14(9-16)7-8-26-17-5-6-18-19(10-17)21(24)23-12-15-11-22-13-20(15)18/h2-6,9-10,15,20,22H,7-8,11-13H2,1H3,(H,23,24)/t15-,20?/m0/s1. The van der Waals surface area contributed by atoms with Gasteiger partial charge in [0.1, 0.15) is 11.5 Å². The first-order valence-electron chi connectivity index (χ1n) is 9.13. The predicted molar refractivity (Wildman–Crippen MR) is 100 cm³/mol. The fraction of sp³-hybridized carbons (Fsp3) is 0.381. The van der Waals surface area contributed by atoms with Gasteiger partial charge in [0, 0.05) is 37.5 Å². The van der Waals surface area contributed by atoms with Crippen LogP contribution in [0.2, 0.25) is 0 Å². The minimum atomic E-state index is 0.00708. The summed E-state index contributed by atoms with van der Waals surface area (Å²) in [5, 5.41) is 6.48. The average molecular weight is 352 g/mol. The third-order valence-corrected chi connectivity index (χ3v) is 5.33. The van der Waals surface area contributed by atoms with E-state index in [2.05, 4.69) is 22.8 Å². The van der Waals surface area contributed by atoms with Crippen LogP contribution in [0.5, 0.6) is 11.5 Å². The summed E-state index contributed by atoms with van der Waals surface area (Å²) in [5.41, 5.74) is 3.05. The molecule has 1 saturated heterocycles. The minimum Gasteiger partial charge on any atom is -0.497 e. The predicted octanol–water partition coefficient (Wildman–Crippen LogP) is 2.36. The summed E-state index contributed by atoms with van der Waals surface area (Å²) in [6, 6.07) is 13.9. The van der Waals surface area contributed by atoms with E-state index in [0.29, 0.717) is 18.4 Å². The van der Waals surface area contributed by atoms with Gasteiger partial charge in [-0.2, -0.15) is 0 Å². The molecule has 0 spiro atoms. The number of carbonyl (C=O) groups is 1. The second-order valence-electron chi connectivity index (χ2n) is 6.93. The molecule has 0 radical (unpaired) electrons. The molecule has 2 aromatic rings. The Kier molecular flexibility index (Phi) is 4.80. The SMILES string of the molecule is COc1cccc(CCOc2ccc3c(c2)C(=O)NC[C@@H]2CNCC32)c1. The molecule has 136 valence electrons. The van der Waals surface area contributed by atoms with Crippen molar-refractivity contribution in [3.05, 3.63) is 59.2 Å². The van der Waals surface area contributed by atoms with Gasteiger partial charge in [0.15, 0.2) is 0 Å². The number of nitrogens with one attached hydrogen (secondary N) is 2. The van der Waals surface area contributed by atoms with Gasteiger partial charge in [-0.25, -0.2) is 0 Å². The van der Waals surface area contributed by atoms with Crippen molar-refractivity contribution >= 4 is 5.91 Å². The summed E-state index contributed by atoms with van der Waals surface area (Å²) in [6.07, 6.45) is 0.787. The highest BCUT2D eigenvalue weighted by Crippen LogP contribution is 2.34. The fourth-order valence-corrected chi connectivity index (χ4v) is 3.89. The van der Waals surface area contributed by atoms with E-state index in [1.165, 1.54) is 0 Å². The summed E-state index contributed by atoms with van der Waals surface area (Å²) >= 11 is 0. The zero-order chi connectivity index (χ0) is 17.9. The van der Waals surface area contributed by atoms with Crippen LogP contribution in [0.1, 0.15) is 27.4 Å². The van der Waals surface area contributed by atoms with E-state index in [1.807, 2.05) is 30.3 Å². The molecule has 1 unspecified atom stereocenters. The van der Waals surface area contributed by atoms with Crippen LogP contribution >= 0.6 is 0 Å². The molecule has 2 atom stereocenters. The number of hydrogen-bond acceptors (Lipinski definition) is 4. The molecular formula is C21H24N2O3. The first-order chi connectivity index (χ1) is 12.7. The smallest absolute Gasteiger partial charge is 0.251 e. The summed E-state index contributed by atoms with van der Waals surface area (Å²) < 4.78 is 11.2. The number of hydrogen-bond donors (Lipinski definition) is 2. The third kappa shape index (κ3) is 3.40. The van der Waals surface area contributed by atoms with Crippen LogP contribution in [0.15, 0.2) is 42.5 Å². The topological polar surface area (TPSA) is 59.6 Å². The molecule has 2 N–H and O–H groups in total. The van der Waals surface area contributed by atoms with Crippen molar-refractivity contribution in [2.75, 3.05) is 33.4 Å². The average Bonchev–Trinajstić information content (AvgIpc) is 3.10. The van der Waals surface area contributed by atoms with Gasteiger partial charge in [0.05, 0.1) is 13.7 Å². The Morgan fingerprint density at radius 3 is 2.88 bits per heavy atom. The highest BCUT2D eigenvalue weighted by Gasteiger charge is 2.34. The van der Waals surface area contributed by atoms with Crippen molar-refractivity contribution < 1.29 is 14.3 Å². The molecule has 0 aliphatic carbocycles. The molecule has 5 nitrogen and oxygen atoms in total. The minimum absolute atomic E-state index is 0.00708. The lowest BCUT2D eigenvalue weighted by molar-refractivity contribution is 0.0952. The lowest BCUT2D eigenvalue weighted by Crippen LogP contribution is -2.28. The summed E-state index contributed by atoms with van der Waals surface area (Å²) in [5.74, 6) is 2.47. The van der Waals surface area contributed by atoms with Crippen LogP contribution < -0.4 is 20.1 Å². The van der Waals surface area contributed by atoms with E-state index in [-0.39, 0.29) is 5.91 Å². The molecule has 0 bridgehead atoms. The van der Waals surface area contributed by atoms with Gasteiger partial charge in [-0.15, -0.1) is 0 Å². The fourth-order valence-electron chi connectivity index (χ4n) is 3.89. The number of ether oxygens (including phenoxy) is 2. The van der Waals surface area contributed by atoms with Crippen LogP contribution in [-0.2, 0) is 6.42 Å². The Labute approximate surface area is 153 Å². The van der Waals surface area contributed by atoms with Crippen molar-refractivity contribution in [3.8, 4) is 11.5 Å².